The summed E-state index contributed by atoms with van der Waals surface area (Å²) in [7, 11) is 0. The molecule has 0 aliphatic heterocycles. The zero-order valence-corrected chi connectivity index (χ0v) is 20.2. The standard InChI is InChI=1S/2C11H8N4O.Zn/c2*16-11-7-12-6-5-10(11)15-13-8-3-1-2-4-9(8)14-15;/h2*1-7,16H;. The van der Waals surface area contributed by atoms with E-state index in [-0.39, 0.29) is 31.0 Å². The molecule has 0 spiro atoms. The van der Waals surface area contributed by atoms with Gasteiger partial charge < -0.3 is 10.2 Å². The molecule has 33 heavy (non-hydrogen) atoms. The molecule has 6 rings (SSSR count). The van der Waals surface area contributed by atoms with Crippen LogP contribution in [0.2, 0.25) is 0 Å². The second-order valence-corrected chi connectivity index (χ2v) is 6.69. The number of fused-ring (bicyclic) bond motifs is 2. The molecule has 2 N–H and O–H groups in total. The molecular formula is C22H16N8O2Zn. The van der Waals surface area contributed by atoms with E-state index in [1.807, 2.05) is 48.5 Å². The van der Waals surface area contributed by atoms with Gasteiger partial charge in [-0.2, -0.15) is 0 Å². The van der Waals surface area contributed by atoms with Gasteiger partial charge in [-0.3, -0.25) is 9.97 Å². The van der Waals surface area contributed by atoms with Gasteiger partial charge in [-0.25, -0.2) is 0 Å². The van der Waals surface area contributed by atoms with Crippen LogP contribution in [0.4, 0.5) is 0 Å². The third kappa shape index (κ3) is 4.53. The molecular weight excluding hydrogens is 474 g/mol. The van der Waals surface area contributed by atoms with Crippen LogP contribution < -0.4 is 0 Å². The Kier molecular flexibility index (Phi) is 6.32. The summed E-state index contributed by atoms with van der Waals surface area (Å²) >= 11 is 0. The minimum absolute atomic E-state index is 0. The van der Waals surface area contributed by atoms with E-state index in [1.54, 1.807) is 24.5 Å². The molecule has 11 heteroatoms. The van der Waals surface area contributed by atoms with Crippen molar-refractivity contribution in [2.24, 2.45) is 0 Å². The van der Waals surface area contributed by atoms with Gasteiger partial charge in [0.15, 0.2) is 11.5 Å². The number of aromatic nitrogens is 8. The van der Waals surface area contributed by atoms with E-state index in [2.05, 4.69) is 30.4 Å². The molecule has 10 nitrogen and oxygen atoms in total. The average Bonchev–Trinajstić information content (AvgIpc) is 3.44. The van der Waals surface area contributed by atoms with Gasteiger partial charge in [-0.05, 0) is 36.4 Å². The van der Waals surface area contributed by atoms with Crippen molar-refractivity contribution < 1.29 is 29.7 Å². The minimum atomic E-state index is 0. The first-order chi connectivity index (χ1) is 15.7. The molecule has 0 radical (unpaired) electrons. The van der Waals surface area contributed by atoms with Crippen LogP contribution >= 0.6 is 0 Å². The van der Waals surface area contributed by atoms with E-state index < -0.39 is 0 Å². The monoisotopic (exact) mass is 488 g/mol. The first kappa shape index (κ1) is 22.0. The molecule has 0 aliphatic carbocycles. The molecule has 0 atom stereocenters. The fourth-order valence-corrected chi connectivity index (χ4v) is 3.03. The molecule has 0 fully saturated rings. The van der Waals surface area contributed by atoms with Gasteiger partial charge >= 0.3 is 0 Å². The quantitative estimate of drug-likeness (QED) is 0.355. The maximum absolute atomic E-state index is 9.63. The van der Waals surface area contributed by atoms with Crippen LogP contribution in [-0.2, 0) is 19.5 Å². The Labute approximate surface area is 199 Å². The Hall–Kier alpha value is -4.24. The molecule has 0 amide bonds. The van der Waals surface area contributed by atoms with Crippen molar-refractivity contribution in [1.29, 1.82) is 0 Å². The van der Waals surface area contributed by atoms with Crippen molar-refractivity contribution >= 4 is 22.1 Å². The Morgan fingerprint density at radius 1 is 0.515 bits per heavy atom. The van der Waals surface area contributed by atoms with Gasteiger partial charge in [0.2, 0.25) is 0 Å². The molecule has 4 aromatic heterocycles. The number of hydrogen-bond acceptors (Lipinski definition) is 8. The van der Waals surface area contributed by atoms with Crippen LogP contribution in [0.3, 0.4) is 0 Å². The molecule has 0 saturated heterocycles. The van der Waals surface area contributed by atoms with Gasteiger partial charge in [-0.15, -0.1) is 30.0 Å². The number of pyridine rings is 2. The second-order valence-electron chi connectivity index (χ2n) is 6.69. The second kappa shape index (κ2) is 9.50. The summed E-state index contributed by atoms with van der Waals surface area (Å²) in [5.41, 5.74) is 4.20. The number of aromatic hydroxyl groups is 2. The van der Waals surface area contributed by atoms with Gasteiger partial charge in [0, 0.05) is 31.9 Å². The number of nitrogens with zero attached hydrogens (tertiary/aromatic N) is 8. The number of rotatable bonds is 2. The first-order valence-corrected chi connectivity index (χ1v) is 9.60. The fourth-order valence-electron chi connectivity index (χ4n) is 3.03. The van der Waals surface area contributed by atoms with Crippen molar-refractivity contribution in [1.82, 2.24) is 40.0 Å². The molecule has 0 unspecified atom stereocenters. The van der Waals surface area contributed by atoms with Crippen LogP contribution in [0.5, 0.6) is 11.5 Å². The predicted molar refractivity (Wildman–Crippen MR) is 117 cm³/mol. The summed E-state index contributed by atoms with van der Waals surface area (Å²) in [5, 5.41) is 36.3. The van der Waals surface area contributed by atoms with E-state index in [1.165, 1.54) is 22.0 Å². The fraction of sp³-hybridized carbons (Fsp3) is 0. The largest absolute Gasteiger partial charge is 0.504 e. The Morgan fingerprint density at radius 3 is 1.15 bits per heavy atom. The molecule has 2 aromatic carbocycles. The Bertz CT molecular complexity index is 1350. The summed E-state index contributed by atoms with van der Waals surface area (Å²) in [6.07, 6.45) is 5.90. The smallest absolute Gasteiger partial charge is 0.161 e. The topological polar surface area (TPSA) is 128 Å². The minimum Gasteiger partial charge on any atom is -0.504 e. The van der Waals surface area contributed by atoms with Gasteiger partial charge in [-0.1, -0.05) is 24.3 Å². The van der Waals surface area contributed by atoms with Gasteiger partial charge in [0.05, 0.1) is 12.4 Å². The van der Waals surface area contributed by atoms with Gasteiger partial charge in [0.25, 0.3) is 0 Å². The SMILES string of the molecule is Oc1cnccc1-n1nc2ccccc2n1.Oc1cnccc1-n1nc2ccccc2n1.[Zn]. The van der Waals surface area contributed by atoms with Crippen molar-refractivity contribution in [3.8, 4) is 22.9 Å². The summed E-state index contributed by atoms with van der Waals surface area (Å²) in [6, 6.07) is 18.4. The maximum Gasteiger partial charge on any atom is 0.161 e. The van der Waals surface area contributed by atoms with Crippen LogP contribution in [0.25, 0.3) is 33.4 Å². The molecule has 158 valence electrons. The van der Waals surface area contributed by atoms with Crippen LogP contribution in [0.15, 0.2) is 85.5 Å². The van der Waals surface area contributed by atoms with E-state index >= 15 is 0 Å². The summed E-state index contributed by atoms with van der Waals surface area (Å²) in [4.78, 5) is 10.4. The Morgan fingerprint density at radius 2 is 0.848 bits per heavy atom. The van der Waals surface area contributed by atoms with E-state index in [0.29, 0.717) is 11.4 Å². The van der Waals surface area contributed by atoms with Crippen LogP contribution in [-0.4, -0.2) is 50.2 Å². The molecule has 6 aromatic rings. The van der Waals surface area contributed by atoms with E-state index in [0.717, 1.165) is 22.1 Å². The van der Waals surface area contributed by atoms with Crippen molar-refractivity contribution in [2.45, 2.75) is 0 Å². The predicted octanol–water partition coefficient (Wildman–Crippen LogP) is 3.04. The van der Waals surface area contributed by atoms with Crippen molar-refractivity contribution in [3.05, 3.63) is 85.5 Å². The number of hydrogen-bond donors (Lipinski definition) is 2. The third-order valence-electron chi connectivity index (χ3n) is 4.56. The zero-order chi connectivity index (χ0) is 21.9. The van der Waals surface area contributed by atoms with E-state index in [4.69, 9.17) is 0 Å². The summed E-state index contributed by atoms with van der Waals surface area (Å²) < 4.78 is 0. The molecule has 0 bridgehead atoms. The zero-order valence-electron chi connectivity index (χ0n) is 17.3. The molecule has 0 aliphatic rings. The summed E-state index contributed by atoms with van der Waals surface area (Å²) in [6.45, 7) is 0. The Balaban J connectivity index is 0.000000152. The third-order valence-corrected chi connectivity index (χ3v) is 4.56. The molecule has 0 saturated carbocycles. The average molecular weight is 490 g/mol. The first-order valence-electron chi connectivity index (χ1n) is 9.60. The summed E-state index contributed by atoms with van der Waals surface area (Å²) in [5.74, 6) is 0.116. The normalized spacial score (nSPS) is 10.4. The van der Waals surface area contributed by atoms with E-state index in [9.17, 15) is 10.2 Å². The molecule has 4 heterocycles. The van der Waals surface area contributed by atoms with Gasteiger partial charge in [0.1, 0.15) is 33.4 Å². The van der Waals surface area contributed by atoms with Crippen LogP contribution in [0, 0.1) is 0 Å². The van der Waals surface area contributed by atoms with Crippen LogP contribution in [0.1, 0.15) is 0 Å². The number of benzene rings is 2. The van der Waals surface area contributed by atoms with Crippen molar-refractivity contribution in [2.75, 3.05) is 0 Å². The maximum atomic E-state index is 9.63. The van der Waals surface area contributed by atoms with Crippen molar-refractivity contribution in [3.63, 3.8) is 0 Å².